The molecule has 0 radical (unpaired) electrons. The summed E-state index contributed by atoms with van der Waals surface area (Å²) in [6.07, 6.45) is 1.49. The van der Waals surface area contributed by atoms with E-state index in [9.17, 15) is 9.59 Å². The summed E-state index contributed by atoms with van der Waals surface area (Å²) in [6, 6.07) is 9.44. The number of hydrogen-bond acceptors (Lipinski definition) is 3. The van der Waals surface area contributed by atoms with Crippen LogP contribution in [0.25, 0.3) is 0 Å². The monoisotopic (exact) mass is 261 g/mol. The van der Waals surface area contributed by atoms with E-state index in [4.69, 9.17) is 5.11 Å². The molecule has 0 spiro atoms. The first-order valence-corrected chi connectivity index (χ1v) is 6.61. The molecule has 2 rings (SSSR count). The second-order valence-corrected chi connectivity index (χ2v) is 5.16. The van der Waals surface area contributed by atoms with E-state index in [1.54, 1.807) is 0 Å². The van der Waals surface area contributed by atoms with Gasteiger partial charge in [0.05, 0.1) is 5.41 Å². The van der Waals surface area contributed by atoms with Gasteiger partial charge in [0.2, 0.25) is 11.8 Å². The number of carbonyl (C=O) groups excluding carboxylic acids is 2. The van der Waals surface area contributed by atoms with Gasteiger partial charge in [-0.3, -0.25) is 14.5 Å². The predicted octanol–water partition coefficient (Wildman–Crippen LogP) is 1.48. The average molecular weight is 261 g/mol. The highest BCUT2D eigenvalue weighted by Gasteiger charge is 2.48. The molecule has 4 nitrogen and oxygen atoms in total. The first-order valence-electron chi connectivity index (χ1n) is 6.61. The van der Waals surface area contributed by atoms with Crippen LogP contribution in [-0.4, -0.2) is 35.0 Å². The second-order valence-electron chi connectivity index (χ2n) is 5.16. The largest absolute Gasteiger partial charge is 0.396 e. The molecule has 0 aromatic heterocycles. The molecule has 102 valence electrons. The molecule has 1 N–H and O–H groups in total. The van der Waals surface area contributed by atoms with E-state index < -0.39 is 5.41 Å². The highest BCUT2D eigenvalue weighted by atomic mass is 16.3. The Morgan fingerprint density at radius 3 is 2.53 bits per heavy atom. The fourth-order valence-corrected chi connectivity index (χ4v) is 2.52. The van der Waals surface area contributed by atoms with E-state index in [1.807, 2.05) is 37.3 Å². The molecule has 19 heavy (non-hydrogen) atoms. The van der Waals surface area contributed by atoms with Gasteiger partial charge < -0.3 is 5.11 Å². The molecule has 1 saturated heterocycles. The Balaban J connectivity index is 2.17. The molecule has 1 aliphatic heterocycles. The normalized spacial score (nSPS) is 23.2. The smallest absolute Gasteiger partial charge is 0.240 e. The molecule has 1 aromatic rings. The van der Waals surface area contributed by atoms with Crippen molar-refractivity contribution in [3.63, 3.8) is 0 Å². The molecule has 4 heteroatoms. The fraction of sp³-hybridized carbons (Fsp3) is 0.467. The van der Waals surface area contributed by atoms with Gasteiger partial charge in [-0.05, 0) is 25.3 Å². The summed E-state index contributed by atoms with van der Waals surface area (Å²) in [5.74, 6) is -0.240. The number of aliphatic hydroxyl groups excluding tert-OH is 1. The maximum atomic E-state index is 12.5. The standard InChI is InChI=1S/C15H19NO3/c1-15(12-7-3-2-4-8-12)11-13(18)16(14(15)19)9-5-6-10-17/h2-4,7-8,17H,5-6,9-11H2,1H3. The number of amides is 2. The van der Waals surface area contributed by atoms with E-state index in [-0.39, 0.29) is 24.8 Å². The van der Waals surface area contributed by atoms with E-state index >= 15 is 0 Å². The third kappa shape index (κ3) is 2.54. The van der Waals surface area contributed by atoms with Crippen LogP contribution in [0.15, 0.2) is 30.3 Å². The molecule has 0 aliphatic carbocycles. The summed E-state index contributed by atoms with van der Waals surface area (Å²) in [5, 5.41) is 8.76. The fourth-order valence-electron chi connectivity index (χ4n) is 2.52. The summed E-state index contributed by atoms with van der Waals surface area (Å²) in [6.45, 7) is 2.32. The lowest BCUT2D eigenvalue weighted by molar-refractivity contribution is -0.139. The highest BCUT2D eigenvalue weighted by Crippen LogP contribution is 2.36. The van der Waals surface area contributed by atoms with E-state index in [1.165, 1.54) is 4.90 Å². The van der Waals surface area contributed by atoms with Gasteiger partial charge in [0.25, 0.3) is 0 Å². The van der Waals surface area contributed by atoms with Gasteiger partial charge in [-0.2, -0.15) is 0 Å². The number of hydrogen-bond donors (Lipinski definition) is 1. The number of carbonyl (C=O) groups is 2. The van der Waals surface area contributed by atoms with E-state index in [2.05, 4.69) is 0 Å². The number of likely N-dealkylation sites (tertiary alicyclic amines) is 1. The van der Waals surface area contributed by atoms with Crippen LogP contribution in [0, 0.1) is 0 Å². The number of benzene rings is 1. The third-order valence-electron chi connectivity index (χ3n) is 3.72. The molecule has 1 atom stereocenters. The summed E-state index contributed by atoms with van der Waals surface area (Å²) in [7, 11) is 0. The Morgan fingerprint density at radius 1 is 1.21 bits per heavy atom. The van der Waals surface area contributed by atoms with Crippen molar-refractivity contribution in [3.8, 4) is 0 Å². The lowest BCUT2D eigenvalue weighted by Gasteiger charge is -2.22. The number of rotatable bonds is 5. The minimum Gasteiger partial charge on any atom is -0.396 e. The number of aliphatic hydroxyl groups is 1. The molecule has 2 amide bonds. The van der Waals surface area contributed by atoms with Crippen molar-refractivity contribution in [2.24, 2.45) is 0 Å². The van der Waals surface area contributed by atoms with Crippen LogP contribution in [0.2, 0.25) is 0 Å². The quantitative estimate of drug-likeness (QED) is 0.645. The molecular formula is C15H19NO3. The van der Waals surface area contributed by atoms with Crippen LogP contribution < -0.4 is 0 Å². The topological polar surface area (TPSA) is 57.6 Å². The SMILES string of the molecule is CC1(c2ccccc2)CC(=O)N(CCCCO)C1=O. The first kappa shape index (κ1) is 13.7. The Bertz CT molecular complexity index is 472. The zero-order valence-corrected chi connectivity index (χ0v) is 11.1. The summed E-state index contributed by atoms with van der Waals surface area (Å²) < 4.78 is 0. The minimum atomic E-state index is -0.739. The van der Waals surface area contributed by atoms with E-state index in [0.717, 1.165) is 5.56 Å². The summed E-state index contributed by atoms with van der Waals surface area (Å²) in [5.41, 5.74) is 0.149. The lowest BCUT2D eigenvalue weighted by atomic mass is 9.81. The molecule has 1 fully saturated rings. The highest BCUT2D eigenvalue weighted by molar-refractivity contribution is 6.08. The molecule has 1 aliphatic rings. The van der Waals surface area contributed by atoms with Crippen LogP contribution >= 0.6 is 0 Å². The maximum absolute atomic E-state index is 12.5. The first-order chi connectivity index (χ1) is 9.09. The predicted molar refractivity (Wildman–Crippen MR) is 71.5 cm³/mol. The summed E-state index contributed by atoms with van der Waals surface area (Å²) >= 11 is 0. The molecule has 0 saturated carbocycles. The van der Waals surface area contributed by atoms with Crippen molar-refractivity contribution in [1.82, 2.24) is 4.90 Å². The van der Waals surface area contributed by atoms with Crippen molar-refractivity contribution >= 4 is 11.8 Å². The van der Waals surface area contributed by atoms with Gasteiger partial charge in [-0.1, -0.05) is 30.3 Å². The Morgan fingerprint density at radius 2 is 1.89 bits per heavy atom. The van der Waals surface area contributed by atoms with Gasteiger partial charge in [-0.15, -0.1) is 0 Å². The zero-order chi connectivity index (χ0) is 13.9. The Hall–Kier alpha value is -1.68. The van der Waals surface area contributed by atoms with Crippen LogP contribution in [0.5, 0.6) is 0 Å². The second kappa shape index (κ2) is 5.53. The molecule has 1 unspecified atom stereocenters. The number of nitrogens with zero attached hydrogens (tertiary/aromatic N) is 1. The van der Waals surface area contributed by atoms with Crippen molar-refractivity contribution < 1.29 is 14.7 Å². The lowest BCUT2D eigenvalue weighted by Crippen LogP contribution is -2.37. The Labute approximate surface area is 113 Å². The molecule has 1 aromatic carbocycles. The minimum absolute atomic E-state index is 0.0895. The van der Waals surface area contributed by atoms with E-state index in [0.29, 0.717) is 19.4 Å². The van der Waals surface area contributed by atoms with Crippen molar-refractivity contribution in [1.29, 1.82) is 0 Å². The zero-order valence-electron chi connectivity index (χ0n) is 11.1. The summed E-state index contributed by atoms with van der Waals surface area (Å²) in [4.78, 5) is 25.8. The average Bonchev–Trinajstić information content (AvgIpc) is 2.64. The van der Waals surface area contributed by atoms with Crippen molar-refractivity contribution in [2.75, 3.05) is 13.2 Å². The van der Waals surface area contributed by atoms with Gasteiger partial charge in [-0.25, -0.2) is 0 Å². The molecule has 0 bridgehead atoms. The van der Waals surface area contributed by atoms with Gasteiger partial charge in [0, 0.05) is 19.6 Å². The Kier molecular flexibility index (Phi) is 4.00. The number of unbranched alkanes of at least 4 members (excludes halogenated alkanes) is 1. The number of imide groups is 1. The third-order valence-corrected chi connectivity index (χ3v) is 3.72. The molecule has 1 heterocycles. The van der Waals surface area contributed by atoms with Crippen molar-refractivity contribution in [2.45, 2.75) is 31.6 Å². The van der Waals surface area contributed by atoms with Crippen LogP contribution in [0.1, 0.15) is 31.7 Å². The van der Waals surface area contributed by atoms with Crippen LogP contribution in [0.3, 0.4) is 0 Å². The van der Waals surface area contributed by atoms with Gasteiger partial charge in [0.15, 0.2) is 0 Å². The van der Waals surface area contributed by atoms with Gasteiger partial charge in [0.1, 0.15) is 0 Å². The van der Waals surface area contributed by atoms with Crippen LogP contribution in [-0.2, 0) is 15.0 Å². The molecular weight excluding hydrogens is 242 g/mol. The maximum Gasteiger partial charge on any atom is 0.240 e. The van der Waals surface area contributed by atoms with Crippen molar-refractivity contribution in [3.05, 3.63) is 35.9 Å². The van der Waals surface area contributed by atoms with Gasteiger partial charge >= 0.3 is 0 Å². The van der Waals surface area contributed by atoms with Crippen LogP contribution in [0.4, 0.5) is 0 Å².